The first-order chi connectivity index (χ1) is 14.6. The summed E-state index contributed by atoms with van der Waals surface area (Å²) in [7, 11) is 0. The van der Waals surface area contributed by atoms with Gasteiger partial charge >= 0.3 is 0 Å². The summed E-state index contributed by atoms with van der Waals surface area (Å²) in [5.74, 6) is -0.653. The van der Waals surface area contributed by atoms with Gasteiger partial charge in [-0.1, -0.05) is 11.3 Å². The summed E-state index contributed by atoms with van der Waals surface area (Å²) < 4.78 is 15.3. The van der Waals surface area contributed by atoms with Crippen molar-refractivity contribution < 1.29 is 9.18 Å². The number of nitrogens with zero attached hydrogens (tertiary/aromatic N) is 5. The molecular formula is C22H19FN6O. The van der Waals surface area contributed by atoms with Gasteiger partial charge in [0.25, 0.3) is 5.91 Å². The highest BCUT2D eigenvalue weighted by Gasteiger charge is 2.22. The van der Waals surface area contributed by atoms with Gasteiger partial charge in [-0.15, -0.1) is 5.10 Å². The van der Waals surface area contributed by atoms with E-state index in [-0.39, 0.29) is 17.4 Å². The number of rotatable bonds is 6. The Balaban J connectivity index is 1.65. The van der Waals surface area contributed by atoms with Crippen molar-refractivity contribution in [2.45, 2.75) is 13.3 Å². The maximum Gasteiger partial charge on any atom is 0.274 e. The van der Waals surface area contributed by atoms with Crippen molar-refractivity contribution in [2.24, 2.45) is 0 Å². The first kappa shape index (κ1) is 19.4. The van der Waals surface area contributed by atoms with E-state index >= 15 is 0 Å². The van der Waals surface area contributed by atoms with Crippen molar-refractivity contribution >= 4 is 5.91 Å². The minimum absolute atomic E-state index is 0.184. The van der Waals surface area contributed by atoms with Crippen molar-refractivity contribution in [3.05, 3.63) is 89.9 Å². The van der Waals surface area contributed by atoms with E-state index in [0.29, 0.717) is 29.9 Å². The Bertz CT molecular complexity index is 1160. The third-order valence-corrected chi connectivity index (χ3v) is 4.62. The highest BCUT2D eigenvalue weighted by molar-refractivity contribution is 5.98. The van der Waals surface area contributed by atoms with Crippen LogP contribution in [0.4, 0.5) is 4.39 Å². The Morgan fingerprint density at radius 1 is 1.10 bits per heavy atom. The molecule has 3 aromatic heterocycles. The quantitative estimate of drug-likeness (QED) is 0.536. The molecule has 7 nitrogen and oxygen atoms in total. The molecule has 0 aliphatic carbocycles. The van der Waals surface area contributed by atoms with Gasteiger partial charge in [0.1, 0.15) is 11.5 Å². The average Bonchev–Trinajstić information content (AvgIpc) is 3.22. The van der Waals surface area contributed by atoms with Crippen LogP contribution in [0.5, 0.6) is 0 Å². The van der Waals surface area contributed by atoms with Gasteiger partial charge in [-0.25, -0.2) is 9.07 Å². The summed E-state index contributed by atoms with van der Waals surface area (Å²) in [6.07, 6.45) is 5.58. The lowest BCUT2D eigenvalue weighted by atomic mass is 10.1. The number of halogens is 1. The van der Waals surface area contributed by atoms with Crippen molar-refractivity contribution in [2.75, 3.05) is 6.54 Å². The highest BCUT2D eigenvalue weighted by Crippen LogP contribution is 2.25. The number of carbonyl (C=O) groups is 1. The van der Waals surface area contributed by atoms with E-state index in [1.807, 2.05) is 18.2 Å². The van der Waals surface area contributed by atoms with E-state index in [2.05, 4.69) is 25.6 Å². The number of hydrogen-bond acceptors (Lipinski definition) is 5. The monoisotopic (exact) mass is 402 g/mol. The van der Waals surface area contributed by atoms with Gasteiger partial charge in [-0.3, -0.25) is 14.8 Å². The van der Waals surface area contributed by atoms with Gasteiger partial charge < -0.3 is 5.32 Å². The molecule has 150 valence electrons. The van der Waals surface area contributed by atoms with E-state index < -0.39 is 0 Å². The maximum absolute atomic E-state index is 13.7. The summed E-state index contributed by atoms with van der Waals surface area (Å²) in [4.78, 5) is 21.2. The molecule has 0 fully saturated rings. The van der Waals surface area contributed by atoms with Crippen LogP contribution in [-0.2, 0) is 6.42 Å². The fraction of sp³-hybridized carbons (Fsp3) is 0.136. The van der Waals surface area contributed by atoms with Crippen molar-refractivity contribution in [3.8, 4) is 16.9 Å². The molecule has 1 N–H and O–H groups in total. The minimum Gasteiger partial charge on any atom is -0.350 e. The van der Waals surface area contributed by atoms with Crippen LogP contribution in [0.3, 0.4) is 0 Å². The Kier molecular flexibility index (Phi) is 5.56. The van der Waals surface area contributed by atoms with Crippen LogP contribution in [0.1, 0.15) is 21.7 Å². The fourth-order valence-electron chi connectivity index (χ4n) is 3.08. The van der Waals surface area contributed by atoms with Crippen molar-refractivity contribution in [1.82, 2.24) is 30.3 Å². The van der Waals surface area contributed by atoms with Gasteiger partial charge in [-0.05, 0) is 55.0 Å². The molecule has 0 saturated heterocycles. The molecule has 1 aromatic carbocycles. The van der Waals surface area contributed by atoms with Crippen LogP contribution in [-0.4, -0.2) is 37.4 Å². The number of benzene rings is 1. The summed E-state index contributed by atoms with van der Waals surface area (Å²) in [6, 6.07) is 13.8. The number of amides is 1. The number of hydrogen-bond donors (Lipinski definition) is 1. The molecule has 0 atom stereocenters. The lowest BCUT2D eigenvalue weighted by molar-refractivity contribution is 0.0949. The molecule has 0 spiro atoms. The normalized spacial score (nSPS) is 10.7. The smallest absolute Gasteiger partial charge is 0.274 e. The Labute approximate surface area is 172 Å². The molecule has 30 heavy (non-hydrogen) atoms. The second kappa shape index (κ2) is 8.60. The molecule has 0 unspecified atom stereocenters. The molecule has 1 amide bonds. The molecule has 0 saturated carbocycles. The molecule has 0 aliphatic rings. The van der Waals surface area contributed by atoms with Crippen LogP contribution >= 0.6 is 0 Å². The molecule has 8 heteroatoms. The second-order valence-corrected chi connectivity index (χ2v) is 6.69. The average molecular weight is 402 g/mol. The van der Waals surface area contributed by atoms with Crippen molar-refractivity contribution in [1.29, 1.82) is 0 Å². The van der Waals surface area contributed by atoms with Crippen molar-refractivity contribution in [3.63, 3.8) is 0 Å². The number of aromatic nitrogens is 5. The molecule has 0 aliphatic heterocycles. The van der Waals surface area contributed by atoms with E-state index in [1.165, 1.54) is 10.7 Å². The molecular weight excluding hydrogens is 383 g/mol. The van der Waals surface area contributed by atoms with Crippen LogP contribution in [0, 0.1) is 12.7 Å². The van der Waals surface area contributed by atoms with E-state index in [9.17, 15) is 9.18 Å². The summed E-state index contributed by atoms with van der Waals surface area (Å²) in [5.41, 5.74) is 3.40. The lowest BCUT2D eigenvalue weighted by Crippen LogP contribution is -2.27. The van der Waals surface area contributed by atoms with Gasteiger partial charge in [0, 0.05) is 42.8 Å². The Morgan fingerprint density at radius 2 is 1.93 bits per heavy atom. The Morgan fingerprint density at radius 3 is 2.67 bits per heavy atom. The number of aryl methyl sites for hydroxylation is 1. The molecule has 3 heterocycles. The summed E-state index contributed by atoms with van der Waals surface area (Å²) in [6.45, 7) is 2.08. The van der Waals surface area contributed by atoms with Gasteiger partial charge in [0.15, 0.2) is 5.69 Å². The Hall–Kier alpha value is -3.94. The van der Waals surface area contributed by atoms with E-state index in [1.54, 1.807) is 49.8 Å². The van der Waals surface area contributed by atoms with Gasteiger partial charge in [0.2, 0.25) is 0 Å². The van der Waals surface area contributed by atoms with Crippen LogP contribution in [0.2, 0.25) is 0 Å². The molecule has 0 bridgehead atoms. The highest BCUT2D eigenvalue weighted by atomic mass is 19.1. The summed E-state index contributed by atoms with van der Waals surface area (Å²) >= 11 is 0. The van der Waals surface area contributed by atoms with E-state index in [4.69, 9.17) is 0 Å². The molecule has 0 radical (unpaired) electrons. The summed E-state index contributed by atoms with van der Waals surface area (Å²) in [5, 5.41) is 11.2. The second-order valence-electron chi connectivity index (χ2n) is 6.69. The third-order valence-electron chi connectivity index (χ3n) is 4.62. The standard InChI is InChI=1S/C22H19FN6O/c1-15-14-18(5-6-19(15)23)29-21(16-7-11-24-12-8-16)20(27-28-29)22(30)26-13-9-17-4-2-3-10-25-17/h2-8,10-12,14H,9,13H2,1H3,(H,26,30). The van der Waals surface area contributed by atoms with Crippen LogP contribution in [0.25, 0.3) is 16.9 Å². The topological polar surface area (TPSA) is 85.6 Å². The lowest BCUT2D eigenvalue weighted by Gasteiger charge is -2.10. The van der Waals surface area contributed by atoms with E-state index in [0.717, 1.165) is 11.3 Å². The fourth-order valence-corrected chi connectivity index (χ4v) is 3.08. The maximum atomic E-state index is 13.7. The predicted octanol–water partition coefficient (Wildman–Crippen LogP) is 3.14. The zero-order valence-corrected chi connectivity index (χ0v) is 16.3. The van der Waals surface area contributed by atoms with Crippen LogP contribution in [0.15, 0.2) is 67.1 Å². The largest absolute Gasteiger partial charge is 0.350 e. The molecule has 4 rings (SSSR count). The van der Waals surface area contributed by atoms with Gasteiger partial charge in [0.05, 0.1) is 5.69 Å². The zero-order valence-electron chi connectivity index (χ0n) is 16.3. The third kappa shape index (κ3) is 4.07. The number of carbonyl (C=O) groups excluding carboxylic acids is 1. The number of pyridine rings is 2. The van der Waals surface area contributed by atoms with Crippen LogP contribution < -0.4 is 5.32 Å². The first-order valence-electron chi connectivity index (χ1n) is 9.44. The van der Waals surface area contributed by atoms with Gasteiger partial charge in [-0.2, -0.15) is 0 Å². The zero-order chi connectivity index (χ0) is 20.9. The number of nitrogens with one attached hydrogen (secondary N) is 1. The molecule has 4 aromatic rings. The minimum atomic E-state index is -0.345. The predicted molar refractivity (Wildman–Crippen MR) is 110 cm³/mol. The SMILES string of the molecule is Cc1cc(-n2nnc(C(=O)NCCc3ccccn3)c2-c2ccncc2)ccc1F. The first-order valence-corrected chi connectivity index (χ1v) is 9.44.